The minimum absolute atomic E-state index is 0.313. The SMILES string of the molecule is Cc1ncsc1CN(C)CC1(C)CCCN1. The quantitative estimate of drug-likeness (QED) is 0.871. The van der Waals surface area contributed by atoms with Crippen LogP contribution in [-0.4, -0.2) is 35.6 Å². The van der Waals surface area contributed by atoms with Gasteiger partial charge in [-0.15, -0.1) is 11.3 Å². The van der Waals surface area contributed by atoms with E-state index in [0.29, 0.717) is 5.54 Å². The van der Waals surface area contributed by atoms with Crippen molar-refractivity contribution >= 4 is 11.3 Å². The molecule has 4 heteroatoms. The molecule has 1 aromatic heterocycles. The Morgan fingerprint density at radius 1 is 1.62 bits per heavy atom. The molecule has 16 heavy (non-hydrogen) atoms. The van der Waals surface area contributed by atoms with E-state index in [4.69, 9.17) is 0 Å². The van der Waals surface area contributed by atoms with Gasteiger partial charge in [0.2, 0.25) is 0 Å². The Labute approximate surface area is 102 Å². The van der Waals surface area contributed by atoms with Gasteiger partial charge in [0.25, 0.3) is 0 Å². The monoisotopic (exact) mass is 239 g/mol. The Morgan fingerprint density at radius 3 is 3.00 bits per heavy atom. The molecule has 0 saturated carbocycles. The molecular weight excluding hydrogens is 218 g/mol. The first-order valence-electron chi connectivity index (χ1n) is 5.92. The number of thiazole rings is 1. The van der Waals surface area contributed by atoms with Crippen LogP contribution >= 0.6 is 11.3 Å². The minimum atomic E-state index is 0.313. The molecule has 3 nitrogen and oxygen atoms in total. The lowest BCUT2D eigenvalue weighted by atomic mass is 10.00. The predicted molar refractivity (Wildman–Crippen MR) is 68.8 cm³/mol. The smallest absolute Gasteiger partial charge is 0.0798 e. The van der Waals surface area contributed by atoms with Crippen LogP contribution < -0.4 is 5.32 Å². The molecule has 1 aliphatic rings. The molecule has 2 rings (SSSR count). The fourth-order valence-electron chi connectivity index (χ4n) is 2.47. The maximum atomic E-state index is 4.30. The van der Waals surface area contributed by atoms with E-state index in [1.54, 1.807) is 11.3 Å². The van der Waals surface area contributed by atoms with Crippen molar-refractivity contribution in [3.63, 3.8) is 0 Å². The van der Waals surface area contributed by atoms with Gasteiger partial charge in [0.05, 0.1) is 11.2 Å². The zero-order valence-corrected chi connectivity index (χ0v) is 11.2. The molecule has 0 bridgehead atoms. The van der Waals surface area contributed by atoms with Crippen molar-refractivity contribution in [1.29, 1.82) is 0 Å². The first-order valence-corrected chi connectivity index (χ1v) is 6.80. The van der Waals surface area contributed by atoms with Crippen LogP contribution in [-0.2, 0) is 6.54 Å². The summed E-state index contributed by atoms with van der Waals surface area (Å²) < 4.78 is 0. The highest BCUT2D eigenvalue weighted by molar-refractivity contribution is 7.09. The zero-order chi connectivity index (χ0) is 11.6. The summed E-state index contributed by atoms with van der Waals surface area (Å²) in [6, 6.07) is 0. The predicted octanol–water partition coefficient (Wildman–Crippen LogP) is 2.03. The average molecular weight is 239 g/mol. The molecule has 0 spiro atoms. The van der Waals surface area contributed by atoms with E-state index < -0.39 is 0 Å². The molecule has 90 valence electrons. The fraction of sp³-hybridized carbons (Fsp3) is 0.750. The molecule has 1 aromatic rings. The van der Waals surface area contributed by atoms with Crippen LogP contribution in [0.4, 0.5) is 0 Å². The van der Waals surface area contributed by atoms with Gasteiger partial charge >= 0.3 is 0 Å². The molecule has 0 aromatic carbocycles. The highest BCUT2D eigenvalue weighted by Crippen LogP contribution is 2.21. The Kier molecular flexibility index (Phi) is 3.62. The maximum Gasteiger partial charge on any atom is 0.0798 e. The minimum Gasteiger partial charge on any atom is -0.310 e. The molecule has 0 aliphatic carbocycles. The molecule has 1 atom stereocenters. The summed E-state index contributed by atoms with van der Waals surface area (Å²) >= 11 is 1.76. The average Bonchev–Trinajstić information content (AvgIpc) is 2.77. The lowest BCUT2D eigenvalue weighted by Gasteiger charge is -2.30. The number of likely N-dealkylation sites (N-methyl/N-ethyl adjacent to an activating group) is 1. The van der Waals surface area contributed by atoms with Crippen LogP contribution in [0.1, 0.15) is 30.3 Å². The molecule has 1 N–H and O–H groups in total. The number of hydrogen-bond donors (Lipinski definition) is 1. The van der Waals surface area contributed by atoms with Crippen molar-refractivity contribution in [3.8, 4) is 0 Å². The summed E-state index contributed by atoms with van der Waals surface area (Å²) in [5, 5.41) is 3.60. The summed E-state index contributed by atoms with van der Waals surface area (Å²) in [4.78, 5) is 8.09. The maximum absolute atomic E-state index is 4.30. The molecule has 2 heterocycles. The van der Waals surface area contributed by atoms with Crippen LogP contribution in [0.25, 0.3) is 0 Å². The Bertz CT molecular complexity index is 342. The number of nitrogens with zero attached hydrogens (tertiary/aromatic N) is 2. The van der Waals surface area contributed by atoms with Gasteiger partial charge in [-0.2, -0.15) is 0 Å². The van der Waals surface area contributed by atoms with Gasteiger partial charge < -0.3 is 5.32 Å². The summed E-state index contributed by atoms with van der Waals surface area (Å²) in [5.41, 5.74) is 3.43. The van der Waals surface area contributed by atoms with Gasteiger partial charge in [-0.25, -0.2) is 4.98 Å². The van der Waals surface area contributed by atoms with E-state index in [2.05, 4.69) is 36.1 Å². The molecule has 1 fully saturated rings. The highest BCUT2D eigenvalue weighted by atomic mass is 32.1. The fourth-order valence-corrected chi connectivity index (χ4v) is 3.32. The number of nitrogens with one attached hydrogen (secondary N) is 1. The van der Waals surface area contributed by atoms with E-state index in [9.17, 15) is 0 Å². The van der Waals surface area contributed by atoms with Crippen molar-refractivity contribution in [2.45, 2.75) is 38.8 Å². The second-order valence-electron chi connectivity index (χ2n) is 5.12. The standard InChI is InChI=1S/C12H21N3S/c1-10-11(16-9-13-10)7-15(3)8-12(2)5-4-6-14-12/h9,14H,4-8H2,1-3H3. The van der Waals surface area contributed by atoms with E-state index in [1.807, 2.05) is 5.51 Å². The van der Waals surface area contributed by atoms with Gasteiger partial charge in [0, 0.05) is 23.5 Å². The first-order chi connectivity index (χ1) is 7.59. The van der Waals surface area contributed by atoms with E-state index in [-0.39, 0.29) is 0 Å². The van der Waals surface area contributed by atoms with Crippen LogP contribution in [0.15, 0.2) is 5.51 Å². The lowest BCUT2D eigenvalue weighted by Crippen LogP contribution is -2.46. The molecule has 0 radical (unpaired) electrons. The summed E-state index contributed by atoms with van der Waals surface area (Å²) in [6.45, 7) is 7.73. The van der Waals surface area contributed by atoms with E-state index >= 15 is 0 Å². The third-order valence-electron chi connectivity index (χ3n) is 3.33. The largest absolute Gasteiger partial charge is 0.310 e. The number of rotatable bonds is 4. The number of aromatic nitrogens is 1. The molecule has 1 unspecified atom stereocenters. The van der Waals surface area contributed by atoms with Crippen LogP contribution in [0, 0.1) is 6.92 Å². The highest BCUT2D eigenvalue weighted by Gasteiger charge is 2.29. The van der Waals surface area contributed by atoms with E-state index in [1.165, 1.54) is 30.0 Å². The van der Waals surface area contributed by atoms with E-state index in [0.717, 1.165) is 13.1 Å². The zero-order valence-electron chi connectivity index (χ0n) is 10.4. The molecule has 1 saturated heterocycles. The van der Waals surface area contributed by atoms with Gasteiger partial charge in [0.1, 0.15) is 0 Å². The second-order valence-corrected chi connectivity index (χ2v) is 6.06. The first kappa shape index (κ1) is 12.0. The number of hydrogen-bond acceptors (Lipinski definition) is 4. The van der Waals surface area contributed by atoms with Crippen molar-refractivity contribution in [3.05, 3.63) is 16.1 Å². The molecule has 1 aliphatic heterocycles. The van der Waals surface area contributed by atoms with Crippen molar-refractivity contribution < 1.29 is 0 Å². The van der Waals surface area contributed by atoms with Crippen molar-refractivity contribution in [2.75, 3.05) is 20.1 Å². The Balaban J connectivity index is 1.89. The Hall–Kier alpha value is -0.450. The molecule has 0 amide bonds. The van der Waals surface area contributed by atoms with Crippen LogP contribution in [0.2, 0.25) is 0 Å². The van der Waals surface area contributed by atoms with Crippen LogP contribution in [0.5, 0.6) is 0 Å². The third-order valence-corrected chi connectivity index (χ3v) is 4.25. The summed E-state index contributed by atoms with van der Waals surface area (Å²) in [7, 11) is 2.20. The van der Waals surface area contributed by atoms with Gasteiger partial charge in [0.15, 0.2) is 0 Å². The lowest BCUT2D eigenvalue weighted by molar-refractivity contribution is 0.235. The van der Waals surface area contributed by atoms with Gasteiger partial charge in [-0.3, -0.25) is 4.90 Å². The Morgan fingerprint density at radius 2 is 2.44 bits per heavy atom. The summed E-state index contributed by atoms with van der Waals surface area (Å²) in [6.07, 6.45) is 2.60. The number of aryl methyl sites for hydroxylation is 1. The van der Waals surface area contributed by atoms with Crippen LogP contribution in [0.3, 0.4) is 0 Å². The molecular formula is C12H21N3S. The normalized spacial score (nSPS) is 25.5. The van der Waals surface area contributed by atoms with Gasteiger partial charge in [-0.05, 0) is 40.3 Å². The topological polar surface area (TPSA) is 28.2 Å². The second kappa shape index (κ2) is 4.82. The van der Waals surface area contributed by atoms with Gasteiger partial charge in [-0.1, -0.05) is 0 Å². The van der Waals surface area contributed by atoms with Crippen molar-refractivity contribution in [2.24, 2.45) is 0 Å². The van der Waals surface area contributed by atoms with Crippen molar-refractivity contribution in [1.82, 2.24) is 15.2 Å². The third kappa shape index (κ3) is 2.81. The summed E-state index contributed by atoms with van der Waals surface area (Å²) in [5.74, 6) is 0.